The van der Waals surface area contributed by atoms with Crippen LogP contribution in [0.4, 0.5) is 13.2 Å². The van der Waals surface area contributed by atoms with E-state index in [2.05, 4.69) is 19.9 Å². The van der Waals surface area contributed by atoms with E-state index in [-0.39, 0.29) is 23.4 Å². The van der Waals surface area contributed by atoms with E-state index >= 15 is 0 Å². The Hall–Kier alpha value is -3.89. The number of alkyl halides is 3. The van der Waals surface area contributed by atoms with E-state index in [1.54, 1.807) is 18.2 Å². The van der Waals surface area contributed by atoms with Gasteiger partial charge in [0.25, 0.3) is 0 Å². The van der Waals surface area contributed by atoms with E-state index in [1.807, 2.05) is 0 Å². The number of hydrogen-bond acceptors (Lipinski definition) is 7. The lowest BCUT2D eigenvalue weighted by Crippen LogP contribution is -2.19. The van der Waals surface area contributed by atoms with Crippen molar-refractivity contribution < 1.29 is 42.3 Å². The third kappa shape index (κ3) is 6.04. The number of carbonyl (C=O) groups excluding carboxylic acids is 1. The van der Waals surface area contributed by atoms with Gasteiger partial charge in [-0.2, -0.15) is 13.2 Å². The van der Waals surface area contributed by atoms with Gasteiger partial charge in [-0.1, -0.05) is 46.7 Å². The number of hydrogen-bond donors (Lipinski definition) is 1. The van der Waals surface area contributed by atoms with Crippen LogP contribution in [0, 0.1) is 0 Å². The summed E-state index contributed by atoms with van der Waals surface area (Å²) in [6, 6.07) is 10.0. The van der Waals surface area contributed by atoms with Crippen LogP contribution in [0.5, 0.6) is 0 Å². The smallest absolute Gasteiger partial charge is 0.416 e. The third-order valence-corrected chi connectivity index (χ3v) is 3.88. The minimum atomic E-state index is -4.65. The Balaban J connectivity index is 2.33. The summed E-state index contributed by atoms with van der Waals surface area (Å²) >= 11 is 0. The van der Waals surface area contributed by atoms with Crippen molar-refractivity contribution in [2.45, 2.75) is 12.8 Å². The maximum absolute atomic E-state index is 12.9. The van der Waals surface area contributed by atoms with Gasteiger partial charge < -0.3 is 19.5 Å². The molecule has 8 nitrogen and oxygen atoms in total. The normalized spacial score (nSPS) is 12.3. The van der Waals surface area contributed by atoms with E-state index in [9.17, 15) is 27.9 Å². The maximum Gasteiger partial charge on any atom is 0.416 e. The molecular formula is C20H17F3N2O6. The first-order valence-electron chi connectivity index (χ1n) is 8.57. The highest BCUT2D eigenvalue weighted by Gasteiger charge is 2.31. The topological polar surface area (TPSA) is 107 Å². The highest BCUT2D eigenvalue weighted by Crippen LogP contribution is 2.29. The molecule has 31 heavy (non-hydrogen) atoms. The van der Waals surface area contributed by atoms with Gasteiger partial charge in [-0.25, -0.2) is 9.59 Å². The predicted molar refractivity (Wildman–Crippen MR) is 102 cm³/mol. The van der Waals surface area contributed by atoms with Crippen LogP contribution in [0.15, 0.2) is 58.8 Å². The van der Waals surface area contributed by atoms with Crippen LogP contribution >= 0.6 is 0 Å². The van der Waals surface area contributed by atoms with E-state index < -0.39 is 29.4 Å². The molecule has 2 aromatic rings. The SMILES string of the molecule is CO/N=C(/C(=O)OC)c1ccccc1CO/N=C(/C(=O)O)c1cccc(C(F)(F)F)c1. The molecule has 0 heterocycles. The Morgan fingerprint density at radius 1 is 1.00 bits per heavy atom. The number of rotatable bonds is 8. The maximum atomic E-state index is 12.9. The molecule has 0 saturated heterocycles. The molecule has 0 unspecified atom stereocenters. The fourth-order valence-electron chi connectivity index (χ4n) is 2.49. The minimum Gasteiger partial charge on any atom is -0.476 e. The van der Waals surface area contributed by atoms with E-state index in [1.165, 1.54) is 19.2 Å². The summed E-state index contributed by atoms with van der Waals surface area (Å²) in [7, 11) is 2.39. The van der Waals surface area contributed by atoms with Crippen molar-refractivity contribution in [2.24, 2.45) is 10.3 Å². The highest BCUT2D eigenvalue weighted by atomic mass is 19.4. The molecule has 0 saturated carbocycles. The highest BCUT2D eigenvalue weighted by molar-refractivity contribution is 6.43. The Bertz CT molecular complexity index is 1020. The van der Waals surface area contributed by atoms with Gasteiger partial charge in [0.2, 0.25) is 0 Å². The summed E-state index contributed by atoms with van der Waals surface area (Å²) < 4.78 is 43.4. The van der Waals surface area contributed by atoms with Crippen molar-refractivity contribution in [1.29, 1.82) is 0 Å². The molecule has 0 radical (unpaired) electrons. The number of esters is 1. The molecule has 1 N–H and O–H groups in total. The molecule has 0 aliphatic rings. The zero-order valence-corrected chi connectivity index (χ0v) is 16.3. The zero-order valence-electron chi connectivity index (χ0n) is 16.3. The molecule has 2 aromatic carbocycles. The van der Waals surface area contributed by atoms with Crippen molar-refractivity contribution in [3.63, 3.8) is 0 Å². The number of carbonyl (C=O) groups is 2. The molecule has 164 valence electrons. The lowest BCUT2D eigenvalue weighted by Gasteiger charge is -2.10. The Morgan fingerprint density at radius 3 is 2.32 bits per heavy atom. The summed E-state index contributed by atoms with van der Waals surface area (Å²) in [6.45, 7) is -0.314. The summed E-state index contributed by atoms with van der Waals surface area (Å²) in [6.07, 6.45) is -4.65. The van der Waals surface area contributed by atoms with Crippen LogP contribution in [0.25, 0.3) is 0 Å². The summed E-state index contributed by atoms with van der Waals surface area (Å²) in [5.74, 6) is -2.36. The standard InChI is InChI=1S/C20H17F3N2O6/c1-29-19(28)17(24-30-2)15-9-4-3-6-13(15)11-31-25-16(18(26)27)12-7-5-8-14(10-12)20(21,22)23/h3-10H,11H2,1-2H3,(H,26,27)/b24-17+,25-16+. The van der Waals surface area contributed by atoms with Gasteiger partial charge in [-0.05, 0) is 12.1 Å². The van der Waals surface area contributed by atoms with Gasteiger partial charge >= 0.3 is 18.1 Å². The van der Waals surface area contributed by atoms with Crippen molar-refractivity contribution >= 4 is 23.4 Å². The summed E-state index contributed by atoms with van der Waals surface area (Å²) in [5.41, 5.74) is -1.54. The number of oxime groups is 2. The summed E-state index contributed by atoms with van der Waals surface area (Å²) in [5, 5.41) is 16.5. The lowest BCUT2D eigenvalue weighted by atomic mass is 10.0. The first kappa shape index (κ1) is 23.4. The van der Waals surface area contributed by atoms with Gasteiger partial charge in [0.05, 0.1) is 12.7 Å². The van der Waals surface area contributed by atoms with E-state index in [0.717, 1.165) is 19.2 Å². The van der Waals surface area contributed by atoms with Gasteiger partial charge in [0, 0.05) is 16.7 Å². The molecule has 0 amide bonds. The average Bonchev–Trinajstić information content (AvgIpc) is 2.74. The number of carboxylic acids is 1. The molecule has 0 aliphatic carbocycles. The average molecular weight is 438 g/mol. The first-order chi connectivity index (χ1) is 14.7. The Morgan fingerprint density at radius 2 is 1.71 bits per heavy atom. The number of benzene rings is 2. The second kappa shape index (κ2) is 10.2. The molecular weight excluding hydrogens is 421 g/mol. The van der Waals surface area contributed by atoms with Crippen LogP contribution in [-0.2, 0) is 36.8 Å². The molecule has 0 bridgehead atoms. The number of carboxylic acid groups (broad SMARTS) is 1. The van der Waals surface area contributed by atoms with Crippen molar-refractivity contribution in [3.8, 4) is 0 Å². The molecule has 0 spiro atoms. The van der Waals surface area contributed by atoms with Gasteiger partial charge in [-0.3, -0.25) is 0 Å². The second-order valence-corrected chi connectivity index (χ2v) is 5.87. The minimum absolute atomic E-state index is 0.162. The van der Waals surface area contributed by atoms with Crippen LogP contribution in [0.3, 0.4) is 0 Å². The first-order valence-corrected chi connectivity index (χ1v) is 8.57. The zero-order chi connectivity index (χ0) is 23.0. The fourth-order valence-corrected chi connectivity index (χ4v) is 2.49. The van der Waals surface area contributed by atoms with Gasteiger partial charge in [0.15, 0.2) is 11.4 Å². The summed E-state index contributed by atoms with van der Waals surface area (Å²) in [4.78, 5) is 33.2. The van der Waals surface area contributed by atoms with Crippen LogP contribution in [0.1, 0.15) is 22.3 Å². The van der Waals surface area contributed by atoms with Crippen molar-refractivity contribution in [2.75, 3.05) is 14.2 Å². The molecule has 0 atom stereocenters. The number of aliphatic carboxylic acids is 1. The number of methoxy groups -OCH3 is 1. The molecule has 2 rings (SSSR count). The molecule has 0 fully saturated rings. The number of halogens is 3. The fraction of sp³-hybridized carbons (Fsp3) is 0.200. The largest absolute Gasteiger partial charge is 0.476 e. The van der Waals surface area contributed by atoms with E-state index in [0.29, 0.717) is 11.6 Å². The third-order valence-electron chi connectivity index (χ3n) is 3.88. The van der Waals surface area contributed by atoms with Crippen LogP contribution < -0.4 is 0 Å². The predicted octanol–water partition coefficient (Wildman–Crippen LogP) is 3.23. The van der Waals surface area contributed by atoms with E-state index in [4.69, 9.17) is 4.84 Å². The lowest BCUT2D eigenvalue weighted by molar-refractivity contribution is -0.137. The number of nitrogens with zero attached hydrogens (tertiary/aromatic N) is 2. The van der Waals surface area contributed by atoms with Gasteiger partial charge in [0.1, 0.15) is 13.7 Å². The van der Waals surface area contributed by atoms with Crippen LogP contribution in [-0.4, -0.2) is 42.7 Å². The monoisotopic (exact) mass is 438 g/mol. The molecule has 11 heteroatoms. The molecule has 0 aliphatic heterocycles. The van der Waals surface area contributed by atoms with Crippen LogP contribution in [0.2, 0.25) is 0 Å². The molecule has 0 aromatic heterocycles. The van der Waals surface area contributed by atoms with Crippen molar-refractivity contribution in [3.05, 3.63) is 70.8 Å². The van der Waals surface area contributed by atoms with Gasteiger partial charge in [-0.15, -0.1) is 0 Å². The quantitative estimate of drug-likeness (QED) is 0.385. The Kier molecular flexibility index (Phi) is 7.72. The second-order valence-electron chi connectivity index (χ2n) is 5.87. The van der Waals surface area contributed by atoms with Crippen molar-refractivity contribution in [1.82, 2.24) is 0 Å². The number of ether oxygens (including phenoxy) is 1. The Labute approximate surface area is 174 Å².